The lowest BCUT2D eigenvalue weighted by Gasteiger charge is -2.37. The number of aryl methyl sites for hydroxylation is 1. The molecule has 8 rings (SSSR count). The van der Waals surface area contributed by atoms with Crippen LogP contribution in [0.4, 0.5) is 18.9 Å². The number of imide groups is 1. The Balaban J connectivity index is 0.877. The van der Waals surface area contributed by atoms with Gasteiger partial charge in [0.2, 0.25) is 11.8 Å². The minimum absolute atomic E-state index is 0.204. The number of pyridine rings is 1. The Morgan fingerprint density at radius 3 is 2.48 bits per heavy atom. The number of hydrogen-bond donors (Lipinski definition) is 2. The van der Waals surface area contributed by atoms with Crippen LogP contribution in [0.25, 0.3) is 21.9 Å². The molecule has 2 saturated heterocycles. The van der Waals surface area contributed by atoms with Crippen molar-refractivity contribution < 1.29 is 32.3 Å². The molecular formula is C40H43F3N8O5. The SMILES string of the molecule is COc1cc2nn([C@H]3CC[C@H](CN4CCC(c5cccc6c5n(C)c(=O)n6C5CCC(=O)NC5=O)CC4)CC3)cc2cc1NC(=O)c1cncc(C(F)(F)F)c1. The standard InChI is InChI=1S/C40H43F3N8O5/c1-48-36-29(4-3-5-32(36)51(39(48)55)33-10-11-35(52)46-38(33)54)24-12-14-49(15-13-24)21-23-6-8-28(9-7-23)50-22-26-17-31(34(56-2)18-30(26)47-50)45-37(53)25-16-27(20-44-19-25)40(41,42)43/h3-5,16-20,22-24,28,33H,6-15,21H2,1-2H3,(H,45,53)(H,46,52,54)/t23-,28-,33?. The van der Waals surface area contributed by atoms with Crippen LogP contribution in [0, 0.1) is 5.92 Å². The van der Waals surface area contributed by atoms with Gasteiger partial charge in [-0.15, -0.1) is 0 Å². The number of likely N-dealkylation sites (tertiary alicyclic amines) is 1. The molecule has 2 aliphatic heterocycles. The van der Waals surface area contributed by atoms with Crippen molar-refractivity contribution in [2.75, 3.05) is 32.1 Å². The molecule has 1 atom stereocenters. The molecule has 16 heteroatoms. The topological polar surface area (TPSA) is 145 Å². The summed E-state index contributed by atoms with van der Waals surface area (Å²) in [4.78, 5) is 57.0. The minimum atomic E-state index is -4.62. The Hall–Kier alpha value is -5.51. The van der Waals surface area contributed by atoms with Gasteiger partial charge < -0.3 is 15.0 Å². The third kappa shape index (κ3) is 7.17. The van der Waals surface area contributed by atoms with Gasteiger partial charge >= 0.3 is 11.9 Å². The van der Waals surface area contributed by atoms with Crippen LogP contribution >= 0.6 is 0 Å². The number of alkyl halides is 3. The summed E-state index contributed by atoms with van der Waals surface area (Å²) in [6.45, 7) is 2.94. The number of ether oxygens (including phenoxy) is 1. The van der Waals surface area contributed by atoms with Crippen LogP contribution in [0.15, 0.2) is 59.8 Å². The molecular weight excluding hydrogens is 729 g/mol. The van der Waals surface area contributed by atoms with Crippen LogP contribution in [0.5, 0.6) is 5.75 Å². The van der Waals surface area contributed by atoms with Crippen LogP contribution in [-0.2, 0) is 22.8 Å². The number of halogens is 3. The first kappa shape index (κ1) is 37.4. The number of methoxy groups -OCH3 is 1. The third-order valence-electron chi connectivity index (χ3n) is 11.8. The molecule has 5 heterocycles. The number of imidazole rings is 1. The highest BCUT2D eigenvalue weighted by Gasteiger charge is 2.34. The van der Waals surface area contributed by atoms with Gasteiger partial charge in [-0.2, -0.15) is 18.3 Å². The van der Waals surface area contributed by atoms with E-state index in [1.54, 1.807) is 28.3 Å². The van der Waals surface area contributed by atoms with Gasteiger partial charge in [0.15, 0.2) is 0 Å². The smallest absolute Gasteiger partial charge is 0.417 e. The lowest BCUT2D eigenvalue weighted by atomic mass is 9.84. The molecule has 3 aliphatic rings. The third-order valence-corrected chi connectivity index (χ3v) is 11.8. The van der Waals surface area contributed by atoms with Crippen molar-refractivity contribution in [3.05, 3.63) is 82.2 Å². The minimum Gasteiger partial charge on any atom is -0.494 e. The molecule has 0 spiro atoms. The van der Waals surface area contributed by atoms with Crippen LogP contribution in [0.1, 0.15) is 90.9 Å². The summed E-state index contributed by atoms with van der Waals surface area (Å²) < 4.78 is 50.3. The monoisotopic (exact) mass is 772 g/mol. The van der Waals surface area contributed by atoms with Crippen molar-refractivity contribution in [3.8, 4) is 5.75 Å². The number of rotatable bonds is 8. The van der Waals surface area contributed by atoms with E-state index in [1.807, 2.05) is 23.0 Å². The molecule has 3 aromatic heterocycles. The summed E-state index contributed by atoms with van der Waals surface area (Å²) in [6.07, 6.45) is 5.60. The van der Waals surface area contributed by atoms with E-state index in [1.165, 1.54) is 7.11 Å². The molecule has 1 aliphatic carbocycles. The summed E-state index contributed by atoms with van der Waals surface area (Å²) >= 11 is 0. The van der Waals surface area contributed by atoms with Crippen molar-refractivity contribution in [1.82, 2.24) is 34.1 Å². The molecule has 3 fully saturated rings. The second kappa shape index (κ2) is 14.9. The summed E-state index contributed by atoms with van der Waals surface area (Å²) in [7, 11) is 3.21. The number of anilines is 1. The second-order valence-corrected chi connectivity index (χ2v) is 15.3. The second-order valence-electron chi connectivity index (χ2n) is 15.3. The number of carbonyl (C=O) groups excluding carboxylic acids is 3. The van der Waals surface area contributed by atoms with Crippen molar-refractivity contribution >= 4 is 45.3 Å². The molecule has 1 unspecified atom stereocenters. The van der Waals surface area contributed by atoms with Crippen LogP contribution in [-0.4, -0.2) is 73.3 Å². The average Bonchev–Trinajstić information content (AvgIpc) is 3.72. The van der Waals surface area contributed by atoms with Gasteiger partial charge in [-0.05, 0) is 93.6 Å². The zero-order valence-electron chi connectivity index (χ0n) is 31.1. The highest BCUT2D eigenvalue weighted by Crippen LogP contribution is 2.38. The maximum absolute atomic E-state index is 13.4. The Morgan fingerprint density at radius 2 is 1.77 bits per heavy atom. The molecule has 3 amide bonds. The molecule has 0 bridgehead atoms. The zero-order valence-corrected chi connectivity index (χ0v) is 31.1. The Bertz CT molecular complexity index is 2380. The fraction of sp³-hybridized carbons (Fsp3) is 0.450. The molecule has 2 aromatic carbocycles. The van der Waals surface area contributed by atoms with Crippen molar-refractivity contribution in [2.45, 2.75) is 75.5 Å². The molecule has 56 heavy (non-hydrogen) atoms. The zero-order chi connectivity index (χ0) is 39.3. The Labute approximate surface area is 319 Å². The number of piperidine rings is 2. The fourth-order valence-corrected chi connectivity index (χ4v) is 8.85. The molecule has 294 valence electrons. The van der Waals surface area contributed by atoms with Gasteiger partial charge in [-0.1, -0.05) is 12.1 Å². The molecule has 5 aromatic rings. The Morgan fingerprint density at radius 1 is 1.00 bits per heavy atom. The van der Waals surface area contributed by atoms with Gasteiger partial charge in [0, 0.05) is 50.1 Å². The molecule has 13 nitrogen and oxygen atoms in total. The average molecular weight is 773 g/mol. The van der Waals surface area contributed by atoms with E-state index in [9.17, 15) is 32.3 Å². The highest BCUT2D eigenvalue weighted by atomic mass is 19.4. The summed E-state index contributed by atoms with van der Waals surface area (Å²) in [5.41, 5.74) is 2.25. The van der Waals surface area contributed by atoms with E-state index in [0.29, 0.717) is 35.5 Å². The van der Waals surface area contributed by atoms with Crippen LogP contribution in [0.2, 0.25) is 0 Å². The van der Waals surface area contributed by atoms with Gasteiger partial charge in [-0.25, -0.2) is 4.79 Å². The van der Waals surface area contributed by atoms with Crippen molar-refractivity contribution in [2.24, 2.45) is 13.0 Å². The lowest BCUT2D eigenvalue weighted by molar-refractivity contribution is -0.138. The van der Waals surface area contributed by atoms with Crippen molar-refractivity contribution in [1.29, 1.82) is 0 Å². The number of hydrogen-bond acceptors (Lipinski definition) is 8. The maximum atomic E-state index is 13.4. The number of aromatic nitrogens is 5. The van der Waals surface area contributed by atoms with Gasteiger partial charge in [0.1, 0.15) is 11.8 Å². The van der Waals surface area contributed by atoms with E-state index in [-0.39, 0.29) is 35.5 Å². The largest absolute Gasteiger partial charge is 0.494 e. The van der Waals surface area contributed by atoms with Crippen LogP contribution in [0.3, 0.4) is 0 Å². The number of carbonyl (C=O) groups is 3. The number of fused-ring (bicyclic) bond motifs is 2. The number of para-hydroxylation sites is 1. The van der Waals surface area contributed by atoms with Gasteiger partial charge in [0.05, 0.1) is 46.5 Å². The number of benzene rings is 2. The normalized spacial score (nSPS) is 21.4. The number of nitrogens with zero attached hydrogens (tertiary/aromatic N) is 6. The molecule has 1 saturated carbocycles. The Kier molecular flexibility index (Phi) is 9.93. The lowest BCUT2D eigenvalue weighted by Crippen LogP contribution is -2.44. The van der Waals surface area contributed by atoms with E-state index < -0.39 is 29.6 Å². The van der Waals surface area contributed by atoms with E-state index >= 15 is 0 Å². The first-order chi connectivity index (χ1) is 26.9. The fourth-order valence-electron chi connectivity index (χ4n) is 8.85. The first-order valence-electron chi connectivity index (χ1n) is 19.0. The predicted octanol–water partition coefficient (Wildman–Crippen LogP) is 5.95. The molecule has 0 radical (unpaired) electrons. The highest BCUT2D eigenvalue weighted by molar-refractivity contribution is 6.06. The van der Waals surface area contributed by atoms with E-state index in [0.717, 1.165) is 92.4 Å². The predicted molar refractivity (Wildman–Crippen MR) is 201 cm³/mol. The van der Waals surface area contributed by atoms with Crippen LogP contribution < -0.4 is 21.1 Å². The van der Waals surface area contributed by atoms with E-state index in [4.69, 9.17) is 9.84 Å². The summed E-state index contributed by atoms with van der Waals surface area (Å²) in [6, 6.07) is 9.66. The maximum Gasteiger partial charge on any atom is 0.417 e. The van der Waals surface area contributed by atoms with Gasteiger partial charge in [-0.3, -0.25) is 38.5 Å². The summed E-state index contributed by atoms with van der Waals surface area (Å²) in [5.74, 6) is -0.286. The van der Waals surface area contributed by atoms with Crippen molar-refractivity contribution in [3.63, 3.8) is 0 Å². The number of nitrogens with one attached hydrogen (secondary N) is 2. The van der Waals surface area contributed by atoms with Gasteiger partial charge in [0.25, 0.3) is 5.91 Å². The molecule has 2 N–H and O–H groups in total. The number of amides is 3. The quantitative estimate of drug-likeness (QED) is 0.184. The first-order valence-corrected chi connectivity index (χ1v) is 19.0. The van der Waals surface area contributed by atoms with E-state index in [2.05, 4.69) is 26.6 Å². The summed E-state index contributed by atoms with van der Waals surface area (Å²) in [5, 5.41) is 10.7.